The molecule has 4 N–H and O–H groups in total. The number of amides is 1. The summed E-state index contributed by atoms with van der Waals surface area (Å²) in [6, 6.07) is 8.18. The Labute approximate surface area is 156 Å². The second-order valence-electron chi connectivity index (χ2n) is 6.05. The Balaban J connectivity index is 2.13. The summed E-state index contributed by atoms with van der Waals surface area (Å²) in [6.45, 7) is 8.31. The van der Waals surface area contributed by atoms with Gasteiger partial charge in [0.05, 0.1) is 10.6 Å². The number of nitrogen functional groups attached to an aromatic ring is 1. The first kappa shape index (κ1) is 18.3. The third-order valence-corrected chi connectivity index (χ3v) is 5.14. The number of carbonyl (C=O) groups is 1. The zero-order valence-corrected chi connectivity index (χ0v) is 16.0. The molecule has 0 unspecified atom stereocenters. The highest BCUT2D eigenvalue weighted by atomic mass is 32.1. The van der Waals surface area contributed by atoms with Gasteiger partial charge in [-0.05, 0) is 43.7 Å². The van der Waals surface area contributed by atoms with Crippen molar-refractivity contribution < 1.29 is 4.79 Å². The number of thiophene rings is 1. The number of nitrogens with two attached hydrogens (primary N) is 1. The van der Waals surface area contributed by atoms with E-state index in [9.17, 15) is 4.79 Å². The summed E-state index contributed by atoms with van der Waals surface area (Å²) in [5, 5.41) is 7.02. The minimum atomic E-state index is -0.0994. The molecule has 0 aliphatic heterocycles. The van der Waals surface area contributed by atoms with Crippen molar-refractivity contribution in [2.75, 3.05) is 18.8 Å². The molecule has 0 radical (unpaired) electrons. The topological polar surface area (TPSA) is 92.9 Å². The van der Waals surface area contributed by atoms with Gasteiger partial charge in [0.1, 0.15) is 4.83 Å². The third-order valence-electron chi connectivity index (χ3n) is 4.11. The molecule has 2 aromatic heterocycles. The van der Waals surface area contributed by atoms with Gasteiger partial charge in [-0.2, -0.15) is 0 Å². The Morgan fingerprint density at radius 1 is 1.19 bits per heavy atom. The van der Waals surface area contributed by atoms with Crippen LogP contribution in [0, 0.1) is 6.92 Å². The molecule has 0 bridgehead atoms. The van der Waals surface area contributed by atoms with Crippen molar-refractivity contribution in [2.24, 2.45) is 0 Å². The molecule has 2 heterocycles. The molecule has 0 aliphatic rings. The number of carbonyl (C=O) groups excluding carboxylic acids is 1. The summed E-state index contributed by atoms with van der Waals surface area (Å²) in [5.41, 5.74) is 10.0. The van der Waals surface area contributed by atoms with E-state index in [0.717, 1.165) is 40.1 Å². The number of benzene rings is 1. The Kier molecular flexibility index (Phi) is 5.49. The molecule has 136 valence electrons. The van der Waals surface area contributed by atoms with Crippen LogP contribution in [0.1, 0.15) is 34.6 Å². The highest BCUT2D eigenvalue weighted by molar-refractivity contribution is 7.20. The third kappa shape index (κ3) is 3.68. The molecule has 7 heteroatoms. The molecule has 0 saturated carbocycles. The summed E-state index contributed by atoms with van der Waals surface area (Å²) in [5.74, 6) is 0.117. The van der Waals surface area contributed by atoms with Crippen molar-refractivity contribution in [3.63, 3.8) is 0 Å². The van der Waals surface area contributed by atoms with Gasteiger partial charge >= 0.3 is 0 Å². The fourth-order valence-corrected chi connectivity index (χ4v) is 3.76. The van der Waals surface area contributed by atoms with E-state index in [-0.39, 0.29) is 11.9 Å². The van der Waals surface area contributed by atoms with Crippen LogP contribution >= 0.6 is 11.3 Å². The first-order valence-electron chi connectivity index (χ1n) is 8.69. The number of anilines is 1. The molecule has 0 aliphatic carbocycles. The van der Waals surface area contributed by atoms with E-state index in [4.69, 9.17) is 5.73 Å². The summed E-state index contributed by atoms with van der Waals surface area (Å²) in [7, 11) is 0. The molecule has 3 aromatic rings. The van der Waals surface area contributed by atoms with Crippen molar-refractivity contribution in [1.82, 2.24) is 20.6 Å². The van der Waals surface area contributed by atoms with Gasteiger partial charge in [0, 0.05) is 24.0 Å². The summed E-state index contributed by atoms with van der Waals surface area (Å²) < 4.78 is 0. The molecule has 1 amide bonds. The number of aryl methyl sites for hydroxylation is 1. The van der Waals surface area contributed by atoms with Gasteiger partial charge < -0.3 is 16.4 Å². The fourth-order valence-electron chi connectivity index (χ4n) is 2.81. The molecule has 0 spiro atoms. The van der Waals surface area contributed by atoms with Crippen LogP contribution in [-0.2, 0) is 6.54 Å². The predicted molar refractivity (Wildman–Crippen MR) is 107 cm³/mol. The molecular formula is C19H23N5OS. The van der Waals surface area contributed by atoms with Crippen LogP contribution in [0.15, 0.2) is 24.3 Å². The van der Waals surface area contributed by atoms with Crippen molar-refractivity contribution >= 4 is 33.4 Å². The minimum Gasteiger partial charge on any atom is -0.368 e. The van der Waals surface area contributed by atoms with Gasteiger partial charge in [-0.3, -0.25) is 4.79 Å². The van der Waals surface area contributed by atoms with Gasteiger partial charge in [-0.25, -0.2) is 9.97 Å². The Morgan fingerprint density at radius 2 is 2.00 bits per heavy atom. The van der Waals surface area contributed by atoms with E-state index in [1.807, 2.05) is 19.9 Å². The largest absolute Gasteiger partial charge is 0.368 e. The lowest BCUT2D eigenvalue weighted by molar-refractivity contribution is 0.0960. The summed E-state index contributed by atoms with van der Waals surface area (Å²) >= 11 is 1.34. The van der Waals surface area contributed by atoms with Gasteiger partial charge in [-0.15, -0.1) is 11.3 Å². The molecule has 26 heavy (non-hydrogen) atoms. The zero-order chi connectivity index (χ0) is 18.7. The highest BCUT2D eigenvalue weighted by Crippen LogP contribution is 2.34. The second kappa shape index (κ2) is 7.80. The normalized spacial score (nSPS) is 11.0. The predicted octanol–water partition coefficient (Wildman–Crippen LogP) is 3.11. The standard InChI is InChI=1S/C19H23N5OS/c1-4-21-10-12-7-6-11(3)13(8-12)16-14-9-15(17(25)22-5-2)26-18(14)24-19(20)23-16/h6-9,21H,4-5,10H2,1-3H3,(H,22,25)(H2,20,23,24). The molecular weight excluding hydrogens is 346 g/mol. The lowest BCUT2D eigenvalue weighted by atomic mass is 10.00. The quantitative estimate of drug-likeness (QED) is 0.621. The minimum absolute atomic E-state index is 0.0994. The zero-order valence-electron chi connectivity index (χ0n) is 15.2. The Hall–Kier alpha value is -2.51. The number of aromatic nitrogens is 2. The lowest BCUT2D eigenvalue weighted by Gasteiger charge is -2.10. The lowest BCUT2D eigenvalue weighted by Crippen LogP contribution is -2.21. The van der Waals surface area contributed by atoms with Crippen molar-refractivity contribution in [1.29, 1.82) is 0 Å². The Morgan fingerprint density at radius 3 is 2.73 bits per heavy atom. The molecule has 1 aromatic carbocycles. The van der Waals surface area contributed by atoms with Crippen molar-refractivity contribution in [3.8, 4) is 11.3 Å². The van der Waals surface area contributed by atoms with Crippen molar-refractivity contribution in [2.45, 2.75) is 27.3 Å². The molecule has 6 nitrogen and oxygen atoms in total. The maximum Gasteiger partial charge on any atom is 0.261 e. The molecule has 0 atom stereocenters. The second-order valence-corrected chi connectivity index (χ2v) is 7.08. The van der Waals surface area contributed by atoms with Crippen LogP contribution in [0.5, 0.6) is 0 Å². The average Bonchev–Trinajstić information content (AvgIpc) is 3.04. The van der Waals surface area contributed by atoms with Gasteiger partial charge in [0.25, 0.3) is 5.91 Å². The van der Waals surface area contributed by atoms with E-state index >= 15 is 0 Å². The van der Waals surface area contributed by atoms with E-state index in [1.165, 1.54) is 16.9 Å². The maximum absolute atomic E-state index is 12.2. The molecule has 0 saturated heterocycles. The van der Waals surface area contributed by atoms with Gasteiger partial charge in [0.15, 0.2) is 0 Å². The fraction of sp³-hybridized carbons (Fsp3) is 0.316. The monoisotopic (exact) mass is 369 g/mol. The first-order valence-corrected chi connectivity index (χ1v) is 9.51. The number of nitrogens with one attached hydrogen (secondary N) is 2. The van der Waals surface area contributed by atoms with Gasteiger partial charge in [-0.1, -0.05) is 19.1 Å². The number of fused-ring (bicyclic) bond motifs is 1. The Bertz CT molecular complexity index is 950. The first-order chi connectivity index (χ1) is 12.5. The van der Waals surface area contributed by atoms with Crippen molar-refractivity contribution in [3.05, 3.63) is 40.3 Å². The number of hydrogen-bond acceptors (Lipinski definition) is 6. The van der Waals surface area contributed by atoms with Crippen LogP contribution in [0.3, 0.4) is 0 Å². The van der Waals surface area contributed by atoms with Gasteiger partial charge in [0.2, 0.25) is 5.95 Å². The SMILES string of the molecule is CCNCc1ccc(C)c(-c2nc(N)nc3sc(C(=O)NCC)cc23)c1. The van der Waals surface area contributed by atoms with Crippen LogP contribution in [0.25, 0.3) is 21.5 Å². The van der Waals surface area contributed by atoms with E-state index in [1.54, 1.807) is 0 Å². The van der Waals surface area contributed by atoms with Crippen LogP contribution in [-0.4, -0.2) is 29.0 Å². The smallest absolute Gasteiger partial charge is 0.261 e. The highest BCUT2D eigenvalue weighted by Gasteiger charge is 2.17. The van der Waals surface area contributed by atoms with Crippen LogP contribution < -0.4 is 16.4 Å². The summed E-state index contributed by atoms with van der Waals surface area (Å²) in [6.07, 6.45) is 0. The average molecular weight is 369 g/mol. The van der Waals surface area contributed by atoms with Crippen LogP contribution in [0.2, 0.25) is 0 Å². The number of nitrogens with zero attached hydrogens (tertiary/aromatic N) is 2. The maximum atomic E-state index is 12.2. The molecule has 0 fully saturated rings. The summed E-state index contributed by atoms with van der Waals surface area (Å²) in [4.78, 5) is 22.4. The van der Waals surface area contributed by atoms with E-state index in [2.05, 4.69) is 45.7 Å². The number of hydrogen-bond donors (Lipinski definition) is 3. The number of rotatable bonds is 6. The van der Waals surface area contributed by atoms with E-state index < -0.39 is 0 Å². The van der Waals surface area contributed by atoms with E-state index in [0.29, 0.717) is 11.4 Å². The van der Waals surface area contributed by atoms with Crippen LogP contribution in [0.4, 0.5) is 5.95 Å². The molecule has 3 rings (SSSR count).